The molecule has 0 aromatic heterocycles. The Kier molecular flexibility index (Phi) is 4.76. The van der Waals surface area contributed by atoms with Gasteiger partial charge in [0.1, 0.15) is 0 Å². The molecule has 2 fully saturated rings. The summed E-state index contributed by atoms with van der Waals surface area (Å²) in [4.78, 5) is 14.5. The molecule has 2 N–H and O–H groups in total. The first-order valence-electron chi connectivity index (χ1n) is 8.17. The highest BCUT2D eigenvalue weighted by molar-refractivity contribution is 5.91. The van der Waals surface area contributed by atoms with Crippen molar-refractivity contribution in [2.24, 2.45) is 5.92 Å². The van der Waals surface area contributed by atoms with Crippen molar-refractivity contribution in [3.63, 3.8) is 0 Å². The van der Waals surface area contributed by atoms with Crippen LogP contribution in [0.3, 0.4) is 0 Å². The number of anilines is 2. The fourth-order valence-corrected chi connectivity index (χ4v) is 3.30. The molecule has 2 saturated heterocycles. The number of benzene rings is 1. The fourth-order valence-electron chi connectivity index (χ4n) is 3.30. The Morgan fingerprint density at radius 3 is 2.62 bits per heavy atom. The molecule has 1 aromatic carbocycles. The summed E-state index contributed by atoms with van der Waals surface area (Å²) in [6, 6.07) is 8.27. The van der Waals surface area contributed by atoms with Gasteiger partial charge in [-0.3, -0.25) is 4.79 Å². The number of nitrogens with one attached hydrogen (secondary N) is 2. The molecule has 114 valence electrons. The van der Waals surface area contributed by atoms with Gasteiger partial charge in [0.2, 0.25) is 5.91 Å². The first kappa shape index (κ1) is 14.4. The molecule has 0 bridgehead atoms. The lowest BCUT2D eigenvalue weighted by atomic mass is 9.96. The summed E-state index contributed by atoms with van der Waals surface area (Å²) in [6.45, 7) is 4.37. The minimum atomic E-state index is 0.137. The Balaban J connectivity index is 1.50. The van der Waals surface area contributed by atoms with Crippen LogP contribution in [-0.4, -0.2) is 32.1 Å². The minimum absolute atomic E-state index is 0.137. The third-order valence-electron chi connectivity index (χ3n) is 4.50. The molecular formula is C17H25N3O. The molecule has 1 atom stereocenters. The number of piperidine rings is 1. The maximum Gasteiger partial charge on any atom is 0.224 e. The second-order valence-corrected chi connectivity index (χ2v) is 6.21. The van der Waals surface area contributed by atoms with E-state index in [2.05, 4.69) is 27.7 Å². The van der Waals surface area contributed by atoms with Crippen molar-refractivity contribution in [1.29, 1.82) is 0 Å². The molecule has 0 spiro atoms. The van der Waals surface area contributed by atoms with Gasteiger partial charge >= 0.3 is 0 Å². The Bertz CT molecular complexity index is 459. The summed E-state index contributed by atoms with van der Waals surface area (Å²) in [5.74, 6) is 0.625. The molecular weight excluding hydrogens is 262 g/mol. The van der Waals surface area contributed by atoms with Crippen LogP contribution < -0.4 is 15.5 Å². The average Bonchev–Trinajstić information content (AvgIpc) is 3.03. The summed E-state index contributed by atoms with van der Waals surface area (Å²) in [5.41, 5.74) is 2.17. The third-order valence-corrected chi connectivity index (χ3v) is 4.50. The molecule has 1 amide bonds. The van der Waals surface area contributed by atoms with Gasteiger partial charge in [-0.2, -0.15) is 0 Å². The van der Waals surface area contributed by atoms with E-state index in [-0.39, 0.29) is 5.91 Å². The minimum Gasteiger partial charge on any atom is -0.372 e. The molecule has 21 heavy (non-hydrogen) atoms. The number of amides is 1. The zero-order chi connectivity index (χ0) is 14.5. The van der Waals surface area contributed by atoms with Gasteiger partial charge < -0.3 is 15.5 Å². The van der Waals surface area contributed by atoms with E-state index in [4.69, 9.17) is 0 Å². The quantitative estimate of drug-likeness (QED) is 0.894. The first-order chi connectivity index (χ1) is 10.3. The highest BCUT2D eigenvalue weighted by atomic mass is 16.1. The SMILES string of the molecule is O=C(CC1CCCNC1)Nc1ccc(N2CCCC2)cc1. The number of carbonyl (C=O) groups excluding carboxylic acids is 1. The van der Waals surface area contributed by atoms with Crippen molar-refractivity contribution in [3.05, 3.63) is 24.3 Å². The summed E-state index contributed by atoms with van der Waals surface area (Å²) < 4.78 is 0. The normalized spacial score (nSPS) is 22.3. The van der Waals surface area contributed by atoms with Gasteiger partial charge in [0.15, 0.2) is 0 Å². The maximum absolute atomic E-state index is 12.1. The lowest BCUT2D eigenvalue weighted by Crippen LogP contribution is -2.32. The summed E-state index contributed by atoms with van der Waals surface area (Å²) >= 11 is 0. The zero-order valence-electron chi connectivity index (χ0n) is 12.6. The smallest absolute Gasteiger partial charge is 0.224 e. The van der Waals surface area contributed by atoms with Crippen molar-refractivity contribution in [3.8, 4) is 0 Å². The van der Waals surface area contributed by atoms with Crippen LogP contribution >= 0.6 is 0 Å². The van der Waals surface area contributed by atoms with E-state index >= 15 is 0 Å². The van der Waals surface area contributed by atoms with Gasteiger partial charge in [-0.15, -0.1) is 0 Å². The van der Waals surface area contributed by atoms with Crippen LogP contribution in [0.15, 0.2) is 24.3 Å². The van der Waals surface area contributed by atoms with E-state index in [9.17, 15) is 4.79 Å². The molecule has 0 saturated carbocycles. The number of hydrogen-bond donors (Lipinski definition) is 2. The summed E-state index contributed by atoms with van der Waals surface area (Å²) in [5, 5.41) is 6.38. The largest absolute Gasteiger partial charge is 0.372 e. The Morgan fingerprint density at radius 1 is 1.19 bits per heavy atom. The van der Waals surface area contributed by atoms with Gasteiger partial charge in [-0.05, 0) is 69.0 Å². The molecule has 3 rings (SSSR count). The van der Waals surface area contributed by atoms with Crippen molar-refractivity contribution in [1.82, 2.24) is 5.32 Å². The summed E-state index contributed by atoms with van der Waals surface area (Å²) in [6.07, 6.45) is 5.54. The van der Waals surface area contributed by atoms with Crippen molar-refractivity contribution >= 4 is 17.3 Å². The van der Waals surface area contributed by atoms with Gasteiger partial charge in [-0.1, -0.05) is 0 Å². The summed E-state index contributed by atoms with van der Waals surface area (Å²) in [7, 11) is 0. The van der Waals surface area contributed by atoms with Gasteiger partial charge in [0.05, 0.1) is 0 Å². The van der Waals surface area contributed by atoms with Crippen LogP contribution in [-0.2, 0) is 4.79 Å². The van der Waals surface area contributed by atoms with Crippen molar-refractivity contribution in [2.45, 2.75) is 32.1 Å². The van der Waals surface area contributed by atoms with Crippen LogP contribution in [0, 0.1) is 5.92 Å². The van der Waals surface area contributed by atoms with E-state index in [1.165, 1.54) is 24.9 Å². The lowest BCUT2D eigenvalue weighted by Gasteiger charge is -2.22. The molecule has 2 aliphatic rings. The monoisotopic (exact) mass is 287 g/mol. The average molecular weight is 287 g/mol. The number of nitrogens with zero attached hydrogens (tertiary/aromatic N) is 1. The molecule has 1 unspecified atom stereocenters. The Hall–Kier alpha value is -1.55. The van der Waals surface area contributed by atoms with E-state index in [0.29, 0.717) is 12.3 Å². The molecule has 2 aliphatic heterocycles. The van der Waals surface area contributed by atoms with Crippen molar-refractivity contribution in [2.75, 3.05) is 36.4 Å². The van der Waals surface area contributed by atoms with Crippen LogP contribution in [0.1, 0.15) is 32.1 Å². The molecule has 1 aromatic rings. The Labute approximate surface area is 126 Å². The first-order valence-corrected chi connectivity index (χ1v) is 8.17. The van der Waals surface area contributed by atoms with Gasteiger partial charge in [0.25, 0.3) is 0 Å². The highest BCUT2D eigenvalue weighted by Gasteiger charge is 2.17. The van der Waals surface area contributed by atoms with Gasteiger partial charge in [0, 0.05) is 30.9 Å². The lowest BCUT2D eigenvalue weighted by molar-refractivity contribution is -0.117. The molecule has 0 aliphatic carbocycles. The van der Waals surface area contributed by atoms with Gasteiger partial charge in [-0.25, -0.2) is 0 Å². The second kappa shape index (κ2) is 6.94. The number of rotatable bonds is 4. The van der Waals surface area contributed by atoms with E-state index in [0.717, 1.165) is 38.3 Å². The second-order valence-electron chi connectivity index (χ2n) is 6.21. The predicted octanol–water partition coefficient (Wildman–Crippen LogP) is 2.62. The third kappa shape index (κ3) is 3.97. The zero-order valence-corrected chi connectivity index (χ0v) is 12.6. The molecule has 4 heteroatoms. The van der Waals surface area contributed by atoms with Crippen LogP contribution in [0.2, 0.25) is 0 Å². The standard InChI is InChI=1S/C17H25N3O/c21-17(12-14-4-3-9-18-13-14)19-15-5-7-16(8-6-15)20-10-1-2-11-20/h5-8,14,18H,1-4,9-13H2,(H,19,21). The van der Waals surface area contributed by atoms with E-state index in [1.54, 1.807) is 0 Å². The van der Waals surface area contributed by atoms with Crippen LogP contribution in [0.5, 0.6) is 0 Å². The van der Waals surface area contributed by atoms with E-state index in [1.807, 2.05) is 12.1 Å². The topological polar surface area (TPSA) is 44.4 Å². The predicted molar refractivity (Wildman–Crippen MR) is 86.7 cm³/mol. The molecule has 2 heterocycles. The fraction of sp³-hybridized carbons (Fsp3) is 0.588. The van der Waals surface area contributed by atoms with Crippen LogP contribution in [0.4, 0.5) is 11.4 Å². The Morgan fingerprint density at radius 2 is 1.95 bits per heavy atom. The highest BCUT2D eigenvalue weighted by Crippen LogP contribution is 2.22. The maximum atomic E-state index is 12.1. The van der Waals surface area contributed by atoms with Crippen molar-refractivity contribution < 1.29 is 4.79 Å². The molecule has 0 radical (unpaired) electrons. The number of carbonyl (C=O) groups is 1. The van der Waals surface area contributed by atoms with Crippen LogP contribution in [0.25, 0.3) is 0 Å². The van der Waals surface area contributed by atoms with E-state index < -0.39 is 0 Å². The number of hydrogen-bond acceptors (Lipinski definition) is 3. The molecule has 4 nitrogen and oxygen atoms in total.